The van der Waals surface area contributed by atoms with Gasteiger partial charge in [-0.3, -0.25) is 0 Å². The molecule has 1 atom stereocenters. The zero-order chi connectivity index (χ0) is 14.8. The lowest BCUT2D eigenvalue weighted by Crippen LogP contribution is -2.33. The van der Waals surface area contributed by atoms with E-state index in [1.165, 1.54) is 0 Å². The van der Waals surface area contributed by atoms with Crippen molar-refractivity contribution in [3.63, 3.8) is 0 Å². The van der Waals surface area contributed by atoms with Gasteiger partial charge in [0.05, 0.1) is 23.2 Å². The zero-order valence-corrected chi connectivity index (χ0v) is 11.9. The highest BCUT2D eigenvalue weighted by atomic mass is 16.3. The van der Waals surface area contributed by atoms with E-state index in [0.29, 0.717) is 25.2 Å². The van der Waals surface area contributed by atoms with E-state index in [4.69, 9.17) is 0 Å². The maximum absolute atomic E-state index is 12.2. The molecule has 1 aromatic carbocycles. The minimum Gasteiger partial charge on any atom is -0.391 e. The molecule has 21 heavy (non-hydrogen) atoms. The number of amides is 2. The molecule has 110 valence electrons. The van der Waals surface area contributed by atoms with E-state index in [1.54, 1.807) is 9.58 Å². The number of carbonyl (C=O) groups excluding carboxylic acids is 1. The fourth-order valence-corrected chi connectivity index (χ4v) is 2.45. The number of likely N-dealkylation sites (tertiary alicyclic amines) is 1. The minimum absolute atomic E-state index is 0.192. The highest BCUT2D eigenvalue weighted by molar-refractivity contribution is 5.91. The maximum atomic E-state index is 12.2. The lowest BCUT2D eigenvalue weighted by Gasteiger charge is -2.18. The van der Waals surface area contributed by atoms with Crippen LogP contribution in [0.3, 0.4) is 0 Å². The molecule has 2 N–H and O–H groups in total. The molecule has 1 aliphatic rings. The van der Waals surface area contributed by atoms with Gasteiger partial charge in [0, 0.05) is 19.3 Å². The van der Waals surface area contributed by atoms with Crippen molar-refractivity contribution in [2.45, 2.75) is 19.4 Å². The highest BCUT2D eigenvalue weighted by Crippen LogP contribution is 2.21. The first-order valence-electron chi connectivity index (χ1n) is 6.99. The van der Waals surface area contributed by atoms with Crippen molar-refractivity contribution in [1.82, 2.24) is 14.7 Å². The fourth-order valence-electron chi connectivity index (χ4n) is 2.45. The second-order valence-corrected chi connectivity index (χ2v) is 5.24. The molecule has 0 aliphatic carbocycles. The third kappa shape index (κ3) is 2.90. The molecule has 0 saturated carbocycles. The summed E-state index contributed by atoms with van der Waals surface area (Å²) in [5, 5.41) is 16.8. The Labute approximate surface area is 123 Å². The summed E-state index contributed by atoms with van der Waals surface area (Å²) >= 11 is 0. The van der Waals surface area contributed by atoms with Crippen LogP contribution in [0.15, 0.2) is 36.5 Å². The first kappa shape index (κ1) is 13.6. The predicted molar refractivity (Wildman–Crippen MR) is 79.5 cm³/mol. The summed E-state index contributed by atoms with van der Waals surface area (Å²) in [5.41, 5.74) is 2.43. The van der Waals surface area contributed by atoms with Crippen molar-refractivity contribution in [1.29, 1.82) is 0 Å². The van der Waals surface area contributed by atoms with Crippen LogP contribution in [0, 0.1) is 6.92 Å². The Hall–Kier alpha value is -2.34. The van der Waals surface area contributed by atoms with E-state index in [2.05, 4.69) is 10.4 Å². The molecule has 2 amide bonds. The van der Waals surface area contributed by atoms with Crippen molar-refractivity contribution >= 4 is 11.7 Å². The Balaban J connectivity index is 1.81. The molecule has 2 aromatic rings. The number of urea groups is 1. The van der Waals surface area contributed by atoms with Gasteiger partial charge >= 0.3 is 6.03 Å². The standard InChI is InChI=1S/C15H18N4O2/c1-11-6-9-19(17-11)14-5-3-2-4-13(14)16-15(21)18-8-7-12(20)10-18/h2-6,9,12,20H,7-8,10H2,1H3,(H,16,21). The molecule has 2 heterocycles. The molecule has 1 fully saturated rings. The minimum atomic E-state index is -0.417. The quantitative estimate of drug-likeness (QED) is 0.884. The number of aliphatic hydroxyl groups is 1. The smallest absolute Gasteiger partial charge is 0.321 e. The Kier molecular flexibility index (Phi) is 3.62. The highest BCUT2D eigenvalue weighted by Gasteiger charge is 2.24. The zero-order valence-electron chi connectivity index (χ0n) is 11.9. The van der Waals surface area contributed by atoms with Gasteiger partial charge in [0.25, 0.3) is 0 Å². The first-order chi connectivity index (χ1) is 10.1. The van der Waals surface area contributed by atoms with E-state index in [1.807, 2.05) is 43.5 Å². The van der Waals surface area contributed by atoms with Crippen LogP contribution in [-0.2, 0) is 0 Å². The number of carbonyl (C=O) groups is 1. The molecule has 6 heteroatoms. The number of rotatable bonds is 2. The second kappa shape index (κ2) is 5.57. The lowest BCUT2D eigenvalue weighted by atomic mass is 10.2. The molecule has 1 aliphatic heterocycles. The second-order valence-electron chi connectivity index (χ2n) is 5.24. The first-order valence-corrected chi connectivity index (χ1v) is 6.99. The monoisotopic (exact) mass is 286 g/mol. The Morgan fingerprint density at radius 2 is 2.19 bits per heavy atom. The molecular formula is C15H18N4O2. The van der Waals surface area contributed by atoms with E-state index < -0.39 is 6.10 Å². The summed E-state index contributed by atoms with van der Waals surface area (Å²) in [5.74, 6) is 0. The van der Waals surface area contributed by atoms with Crippen LogP contribution in [0.2, 0.25) is 0 Å². The number of nitrogens with zero attached hydrogens (tertiary/aromatic N) is 3. The van der Waals surface area contributed by atoms with Gasteiger partial charge in [-0.1, -0.05) is 12.1 Å². The maximum Gasteiger partial charge on any atom is 0.321 e. The molecule has 1 saturated heterocycles. The van der Waals surface area contributed by atoms with Crippen molar-refractivity contribution in [3.8, 4) is 5.69 Å². The Morgan fingerprint density at radius 3 is 2.86 bits per heavy atom. The largest absolute Gasteiger partial charge is 0.391 e. The van der Waals surface area contributed by atoms with Gasteiger partial charge in [0.15, 0.2) is 0 Å². The topological polar surface area (TPSA) is 70.4 Å². The average Bonchev–Trinajstić information content (AvgIpc) is 3.08. The summed E-state index contributed by atoms with van der Waals surface area (Å²) in [6, 6.07) is 9.24. The predicted octanol–water partition coefficient (Wildman–Crippen LogP) is 1.78. The van der Waals surface area contributed by atoms with Crippen molar-refractivity contribution < 1.29 is 9.90 Å². The molecule has 3 rings (SSSR count). The van der Waals surface area contributed by atoms with Crippen LogP contribution in [0.5, 0.6) is 0 Å². The van der Waals surface area contributed by atoms with Crippen LogP contribution < -0.4 is 5.32 Å². The summed E-state index contributed by atoms with van der Waals surface area (Å²) in [6.45, 7) is 2.88. The van der Waals surface area contributed by atoms with E-state index in [9.17, 15) is 9.90 Å². The summed E-state index contributed by atoms with van der Waals surface area (Å²) in [7, 11) is 0. The van der Waals surface area contributed by atoms with Gasteiger partial charge in [-0.15, -0.1) is 0 Å². The summed E-state index contributed by atoms with van der Waals surface area (Å²) in [4.78, 5) is 13.8. The number of hydrogen-bond acceptors (Lipinski definition) is 3. The van der Waals surface area contributed by atoms with E-state index >= 15 is 0 Å². The number of anilines is 1. The number of aliphatic hydroxyl groups excluding tert-OH is 1. The molecular weight excluding hydrogens is 268 g/mol. The lowest BCUT2D eigenvalue weighted by molar-refractivity contribution is 0.176. The van der Waals surface area contributed by atoms with E-state index in [-0.39, 0.29) is 6.03 Å². The number of para-hydroxylation sites is 2. The van der Waals surface area contributed by atoms with Crippen molar-refractivity contribution in [2.24, 2.45) is 0 Å². The van der Waals surface area contributed by atoms with Gasteiger partial charge in [0.2, 0.25) is 0 Å². The van der Waals surface area contributed by atoms with Gasteiger partial charge in [-0.2, -0.15) is 5.10 Å². The normalized spacial score (nSPS) is 18.0. The van der Waals surface area contributed by atoms with Crippen LogP contribution in [0.25, 0.3) is 5.69 Å². The summed E-state index contributed by atoms with van der Waals surface area (Å²) in [6.07, 6.45) is 2.08. The van der Waals surface area contributed by atoms with Gasteiger partial charge < -0.3 is 15.3 Å². The van der Waals surface area contributed by atoms with E-state index in [0.717, 1.165) is 11.4 Å². The van der Waals surface area contributed by atoms with Gasteiger partial charge in [-0.25, -0.2) is 9.48 Å². The number of nitrogens with one attached hydrogen (secondary N) is 1. The number of benzene rings is 1. The number of hydrogen-bond donors (Lipinski definition) is 2. The van der Waals surface area contributed by atoms with Gasteiger partial charge in [-0.05, 0) is 31.5 Å². The molecule has 0 radical (unpaired) electrons. The fraction of sp³-hybridized carbons (Fsp3) is 0.333. The molecule has 0 spiro atoms. The Bertz CT molecular complexity index is 653. The Morgan fingerprint density at radius 1 is 1.38 bits per heavy atom. The number of β-amino-alcohol motifs (C(OH)–C–C–N with tert-alkyl or cyclic N) is 1. The third-order valence-electron chi connectivity index (χ3n) is 3.57. The number of aromatic nitrogens is 2. The van der Waals surface area contributed by atoms with Crippen LogP contribution >= 0.6 is 0 Å². The van der Waals surface area contributed by atoms with Crippen molar-refractivity contribution in [3.05, 3.63) is 42.2 Å². The molecule has 1 unspecified atom stereocenters. The molecule has 0 bridgehead atoms. The average molecular weight is 286 g/mol. The summed E-state index contributed by atoms with van der Waals surface area (Å²) < 4.78 is 1.74. The van der Waals surface area contributed by atoms with Gasteiger partial charge in [0.1, 0.15) is 0 Å². The number of aryl methyl sites for hydroxylation is 1. The van der Waals surface area contributed by atoms with Crippen LogP contribution in [0.1, 0.15) is 12.1 Å². The third-order valence-corrected chi connectivity index (χ3v) is 3.57. The van der Waals surface area contributed by atoms with Crippen LogP contribution in [0.4, 0.5) is 10.5 Å². The molecule has 6 nitrogen and oxygen atoms in total. The SMILES string of the molecule is Cc1ccn(-c2ccccc2NC(=O)N2CCC(O)C2)n1. The van der Waals surface area contributed by atoms with Crippen LogP contribution in [-0.4, -0.2) is 45.0 Å². The molecule has 1 aromatic heterocycles. The van der Waals surface area contributed by atoms with Crippen molar-refractivity contribution in [2.75, 3.05) is 18.4 Å².